The maximum atomic E-state index is 5.80. The van der Waals surface area contributed by atoms with Crippen LogP contribution in [-0.4, -0.2) is 22.9 Å². The van der Waals surface area contributed by atoms with Gasteiger partial charge in [0.2, 0.25) is 0 Å². The Morgan fingerprint density at radius 2 is 2.10 bits per heavy atom. The van der Waals surface area contributed by atoms with E-state index in [9.17, 15) is 0 Å². The molecule has 1 aromatic heterocycles. The molecule has 2 N–H and O–H groups in total. The summed E-state index contributed by atoms with van der Waals surface area (Å²) in [5, 5.41) is 4.62. The van der Waals surface area contributed by atoms with Gasteiger partial charge in [0, 0.05) is 24.8 Å². The largest absolute Gasteiger partial charge is 0.330 e. The van der Waals surface area contributed by atoms with Crippen molar-refractivity contribution in [1.82, 2.24) is 9.78 Å². The fourth-order valence-corrected chi connectivity index (χ4v) is 3.46. The summed E-state index contributed by atoms with van der Waals surface area (Å²) >= 11 is 0. The summed E-state index contributed by atoms with van der Waals surface area (Å²) in [5.74, 6) is 1.85. The summed E-state index contributed by atoms with van der Waals surface area (Å²) in [6.45, 7) is 6.08. The fourth-order valence-electron chi connectivity index (χ4n) is 3.46. The van der Waals surface area contributed by atoms with Crippen molar-refractivity contribution < 1.29 is 0 Å². The second-order valence-corrected chi connectivity index (χ2v) is 6.10. The lowest BCUT2D eigenvalue weighted by Gasteiger charge is -2.35. The highest BCUT2D eigenvalue weighted by Gasteiger charge is 2.27. The number of nitrogens with two attached hydrogens (primary N) is 1. The topological polar surface area (TPSA) is 47.1 Å². The van der Waals surface area contributed by atoms with Crippen molar-refractivity contribution in [2.45, 2.75) is 26.7 Å². The first-order valence-corrected chi connectivity index (χ1v) is 7.69. The minimum atomic E-state index is 0.640. The molecule has 0 aliphatic carbocycles. The van der Waals surface area contributed by atoms with Crippen LogP contribution in [-0.2, 0) is 19.9 Å². The van der Waals surface area contributed by atoms with E-state index in [1.165, 1.54) is 22.6 Å². The van der Waals surface area contributed by atoms with Crippen molar-refractivity contribution in [3.05, 3.63) is 41.1 Å². The molecule has 1 atom stereocenters. The van der Waals surface area contributed by atoms with E-state index in [0.29, 0.717) is 12.5 Å². The third kappa shape index (κ3) is 2.44. The van der Waals surface area contributed by atoms with Crippen molar-refractivity contribution in [2.75, 3.05) is 18.0 Å². The van der Waals surface area contributed by atoms with Crippen LogP contribution in [0.1, 0.15) is 23.7 Å². The van der Waals surface area contributed by atoms with Crippen LogP contribution in [0.4, 0.5) is 11.5 Å². The lowest BCUT2D eigenvalue weighted by atomic mass is 9.93. The van der Waals surface area contributed by atoms with Crippen LogP contribution in [0, 0.1) is 12.8 Å². The van der Waals surface area contributed by atoms with Gasteiger partial charge in [-0.25, -0.2) is 0 Å². The fraction of sp³-hybridized carbons (Fsp3) is 0.471. The van der Waals surface area contributed by atoms with Crippen molar-refractivity contribution in [2.24, 2.45) is 18.7 Å². The summed E-state index contributed by atoms with van der Waals surface area (Å²) in [6, 6.07) is 8.71. The Morgan fingerprint density at radius 3 is 2.86 bits per heavy atom. The molecule has 4 nitrogen and oxygen atoms in total. The molecule has 1 aromatic carbocycles. The van der Waals surface area contributed by atoms with Gasteiger partial charge >= 0.3 is 0 Å². The van der Waals surface area contributed by atoms with Gasteiger partial charge in [0.15, 0.2) is 0 Å². The summed E-state index contributed by atoms with van der Waals surface area (Å²) in [6.07, 6.45) is 2.03. The average Bonchev–Trinajstić information content (AvgIpc) is 2.73. The van der Waals surface area contributed by atoms with E-state index in [0.717, 1.165) is 25.1 Å². The molecule has 2 aromatic rings. The lowest BCUT2D eigenvalue weighted by Crippen LogP contribution is -2.32. The first kappa shape index (κ1) is 14.1. The molecule has 21 heavy (non-hydrogen) atoms. The molecular formula is C17H24N4. The maximum absolute atomic E-state index is 5.80. The highest BCUT2D eigenvalue weighted by atomic mass is 15.4. The van der Waals surface area contributed by atoms with Gasteiger partial charge in [0.1, 0.15) is 5.82 Å². The van der Waals surface area contributed by atoms with Gasteiger partial charge in [-0.15, -0.1) is 0 Å². The van der Waals surface area contributed by atoms with Crippen molar-refractivity contribution in [1.29, 1.82) is 0 Å². The maximum Gasteiger partial charge on any atom is 0.134 e. The first-order chi connectivity index (χ1) is 10.1. The SMILES string of the molecule is Cc1nn(C)c(N2CC(C)Cc3ccccc32)c1CCN. The molecule has 1 unspecified atom stereocenters. The van der Waals surface area contributed by atoms with Gasteiger partial charge in [0.25, 0.3) is 0 Å². The lowest BCUT2D eigenvalue weighted by molar-refractivity contribution is 0.553. The van der Waals surface area contributed by atoms with Crippen molar-refractivity contribution in [3.8, 4) is 0 Å². The zero-order valence-electron chi connectivity index (χ0n) is 13.1. The third-order valence-corrected chi connectivity index (χ3v) is 4.31. The van der Waals surface area contributed by atoms with Gasteiger partial charge in [0.05, 0.1) is 5.69 Å². The molecule has 0 radical (unpaired) electrons. The average molecular weight is 284 g/mol. The summed E-state index contributed by atoms with van der Waals surface area (Å²) in [4.78, 5) is 2.43. The smallest absolute Gasteiger partial charge is 0.134 e. The zero-order chi connectivity index (χ0) is 15.0. The number of fused-ring (bicyclic) bond motifs is 1. The number of para-hydroxylation sites is 1. The molecule has 0 saturated carbocycles. The predicted octanol–water partition coefficient (Wildman–Crippen LogP) is 2.56. The molecule has 112 valence electrons. The van der Waals surface area contributed by atoms with E-state index in [-0.39, 0.29) is 0 Å². The van der Waals surface area contributed by atoms with E-state index in [1.54, 1.807) is 0 Å². The second kappa shape index (κ2) is 5.53. The van der Waals surface area contributed by atoms with Crippen LogP contribution in [0.3, 0.4) is 0 Å². The number of hydrogen-bond acceptors (Lipinski definition) is 3. The molecule has 0 fully saturated rings. The number of aryl methyl sites for hydroxylation is 2. The molecule has 0 spiro atoms. The number of hydrogen-bond donors (Lipinski definition) is 1. The minimum Gasteiger partial charge on any atom is -0.330 e. The van der Waals surface area contributed by atoms with Crippen molar-refractivity contribution >= 4 is 11.5 Å². The molecule has 0 saturated heterocycles. The second-order valence-electron chi connectivity index (χ2n) is 6.10. The standard InChI is InChI=1S/C17H24N4/c1-12-10-14-6-4-5-7-16(14)21(11-12)17-15(8-9-18)13(2)19-20(17)3/h4-7,12H,8-11,18H2,1-3H3. The Bertz CT molecular complexity index is 644. The van der Waals surface area contributed by atoms with E-state index in [2.05, 4.69) is 48.1 Å². The van der Waals surface area contributed by atoms with Crippen LogP contribution >= 0.6 is 0 Å². The summed E-state index contributed by atoms with van der Waals surface area (Å²) in [7, 11) is 2.03. The summed E-state index contributed by atoms with van der Waals surface area (Å²) in [5.41, 5.74) is 10.9. The van der Waals surface area contributed by atoms with E-state index in [1.807, 2.05) is 11.7 Å². The molecular weight excluding hydrogens is 260 g/mol. The van der Waals surface area contributed by atoms with E-state index in [4.69, 9.17) is 5.73 Å². The van der Waals surface area contributed by atoms with Crippen LogP contribution in [0.5, 0.6) is 0 Å². The number of aromatic nitrogens is 2. The number of anilines is 2. The Labute approximate surface area is 126 Å². The molecule has 0 amide bonds. The van der Waals surface area contributed by atoms with Gasteiger partial charge in [-0.1, -0.05) is 25.1 Å². The molecule has 0 bridgehead atoms. The molecule has 1 aliphatic heterocycles. The van der Waals surface area contributed by atoms with Gasteiger partial charge < -0.3 is 10.6 Å². The number of nitrogens with zero attached hydrogens (tertiary/aromatic N) is 3. The third-order valence-electron chi connectivity index (χ3n) is 4.31. The number of benzene rings is 1. The van der Waals surface area contributed by atoms with Gasteiger partial charge in [-0.3, -0.25) is 4.68 Å². The quantitative estimate of drug-likeness (QED) is 0.942. The van der Waals surface area contributed by atoms with Crippen LogP contribution in [0.2, 0.25) is 0 Å². The van der Waals surface area contributed by atoms with Gasteiger partial charge in [-0.2, -0.15) is 5.10 Å². The highest BCUT2D eigenvalue weighted by molar-refractivity contribution is 5.68. The highest BCUT2D eigenvalue weighted by Crippen LogP contribution is 2.37. The first-order valence-electron chi connectivity index (χ1n) is 7.69. The zero-order valence-corrected chi connectivity index (χ0v) is 13.1. The normalized spacial score (nSPS) is 17.9. The van der Waals surface area contributed by atoms with Crippen LogP contribution in [0.15, 0.2) is 24.3 Å². The Morgan fingerprint density at radius 1 is 1.33 bits per heavy atom. The molecule has 3 rings (SSSR count). The predicted molar refractivity (Wildman–Crippen MR) is 87.0 cm³/mol. The molecule has 2 heterocycles. The van der Waals surface area contributed by atoms with Crippen LogP contribution in [0.25, 0.3) is 0 Å². The van der Waals surface area contributed by atoms with Crippen molar-refractivity contribution in [3.63, 3.8) is 0 Å². The van der Waals surface area contributed by atoms with E-state index >= 15 is 0 Å². The monoisotopic (exact) mass is 284 g/mol. The van der Waals surface area contributed by atoms with E-state index < -0.39 is 0 Å². The van der Waals surface area contributed by atoms with Crippen LogP contribution < -0.4 is 10.6 Å². The Kier molecular flexibility index (Phi) is 3.72. The Hall–Kier alpha value is -1.81. The summed E-state index contributed by atoms with van der Waals surface area (Å²) < 4.78 is 2.01. The minimum absolute atomic E-state index is 0.640. The van der Waals surface area contributed by atoms with Gasteiger partial charge in [-0.05, 0) is 43.9 Å². The number of rotatable bonds is 3. The Balaban J connectivity index is 2.13. The molecule has 4 heteroatoms. The molecule has 1 aliphatic rings.